The lowest BCUT2D eigenvalue weighted by atomic mass is 9.81. The summed E-state index contributed by atoms with van der Waals surface area (Å²) in [6.07, 6.45) is 3.52. The van der Waals surface area contributed by atoms with Gasteiger partial charge in [-0.2, -0.15) is 0 Å². The van der Waals surface area contributed by atoms with Gasteiger partial charge < -0.3 is 0 Å². The molecule has 0 heterocycles. The van der Waals surface area contributed by atoms with Crippen molar-refractivity contribution in [3.05, 3.63) is 48.0 Å². The van der Waals surface area contributed by atoms with E-state index in [0.29, 0.717) is 5.41 Å². The lowest BCUT2D eigenvalue weighted by Crippen LogP contribution is -2.12. The third-order valence-electron chi connectivity index (χ3n) is 2.71. The van der Waals surface area contributed by atoms with Crippen molar-refractivity contribution in [3.63, 3.8) is 0 Å². The molecule has 0 atom stereocenters. The van der Waals surface area contributed by atoms with Crippen LogP contribution in [0.4, 0.5) is 0 Å². The van der Waals surface area contributed by atoms with E-state index in [4.69, 9.17) is 0 Å². The second kappa shape index (κ2) is 5.16. The summed E-state index contributed by atoms with van der Waals surface area (Å²) < 4.78 is 0. The Morgan fingerprint density at radius 1 is 1.20 bits per heavy atom. The smallest absolute Gasteiger partial charge is 0.0274 e. The van der Waals surface area contributed by atoms with Crippen molar-refractivity contribution in [2.24, 2.45) is 5.41 Å². The predicted molar refractivity (Wildman–Crippen MR) is 68.0 cm³/mol. The molecule has 0 nitrogen and oxygen atoms in total. The fraction of sp³-hybridized carbons (Fsp3) is 0.467. The SMILES string of the molecule is C=C(C)CC(C)(C)CCc1ccccc1. The number of hydrogen-bond acceptors (Lipinski definition) is 0. The van der Waals surface area contributed by atoms with Gasteiger partial charge in [-0.25, -0.2) is 0 Å². The van der Waals surface area contributed by atoms with Crippen LogP contribution < -0.4 is 0 Å². The van der Waals surface area contributed by atoms with Gasteiger partial charge >= 0.3 is 0 Å². The highest BCUT2D eigenvalue weighted by atomic mass is 14.2. The maximum atomic E-state index is 4.00. The summed E-state index contributed by atoms with van der Waals surface area (Å²) in [4.78, 5) is 0. The first-order chi connectivity index (χ1) is 6.99. The summed E-state index contributed by atoms with van der Waals surface area (Å²) in [5.41, 5.74) is 3.10. The lowest BCUT2D eigenvalue weighted by molar-refractivity contribution is 0.332. The Morgan fingerprint density at radius 2 is 1.80 bits per heavy atom. The van der Waals surface area contributed by atoms with Gasteiger partial charge in [0.25, 0.3) is 0 Å². The molecule has 0 N–H and O–H groups in total. The maximum absolute atomic E-state index is 4.00. The van der Waals surface area contributed by atoms with Gasteiger partial charge in [0.2, 0.25) is 0 Å². The molecule has 82 valence electrons. The van der Waals surface area contributed by atoms with Crippen molar-refractivity contribution in [2.75, 3.05) is 0 Å². The number of hydrogen-bond donors (Lipinski definition) is 0. The Kier molecular flexibility index (Phi) is 4.14. The van der Waals surface area contributed by atoms with Gasteiger partial charge in [-0.15, -0.1) is 6.58 Å². The number of aryl methyl sites for hydroxylation is 1. The van der Waals surface area contributed by atoms with Crippen LogP contribution in [0.1, 0.15) is 39.2 Å². The van der Waals surface area contributed by atoms with Crippen molar-refractivity contribution in [2.45, 2.75) is 40.0 Å². The Bertz CT molecular complexity index is 306. The van der Waals surface area contributed by atoms with Crippen LogP contribution >= 0.6 is 0 Å². The van der Waals surface area contributed by atoms with Crippen LogP contribution in [0.2, 0.25) is 0 Å². The van der Waals surface area contributed by atoms with E-state index >= 15 is 0 Å². The van der Waals surface area contributed by atoms with E-state index in [1.54, 1.807) is 0 Å². The van der Waals surface area contributed by atoms with Crippen LogP contribution in [-0.4, -0.2) is 0 Å². The van der Waals surface area contributed by atoms with Gasteiger partial charge in [-0.1, -0.05) is 49.8 Å². The molecule has 0 bridgehead atoms. The Balaban J connectivity index is 2.46. The molecule has 0 saturated carbocycles. The van der Waals surface area contributed by atoms with E-state index in [1.807, 2.05) is 0 Å². The predicted octanol–water partition coefficient (Wildman–Crippen LogP) is 4.61. The van der Waals surface area contributed by atoms with Crippen LogP contribution in [0.3, 0.4) is 0 Å². The number of allylic oxidation sites excluding steroid dienone is 1. The quantitative estimate of drug-likeness (QED) is 0.612. The monoisotopic (exact) mass is 202 g/mol. The first kappa shape index (κ1) is 12.0. The molecule has 0 radical (unpaired) electrons. The summed E-state index contributed by atoms with van der Waals surface area (Å²) >= 11 is 0. The Morgan fingerprint density at radius 3 is 2.33 bits per heavy atom. The molecule has 0 aliphatic carbocycles. The molecule has 1 aromatic rings. The van der Waals surface area contributed by atoms with Gasteiger partial charge in [-0.3, -0.25) is 0 Å². The minimum atomic E-state index is 0.377. The molecule has 0 fully saturated rings. The molecule has 0 heteroatoms. The second-order valence-corrected chi connectivity index (χ2v) is 5.28. The van der Waals surface area contributed by atoms with Crippen molar-refractivity contribution in [1.29, 1.82) is 0 Å². The molecule has 1 rings (SSSR count). The summed E-state index contributed by atoms with van der Waals surface area (Å²) in [6, 6.07) is 10.7. The van der Waals surface area contributed by atoms with Gasteiger partial charge in [-0.05, 0) is 37.2 Å². The zero-order chi connectivity index (χ0) is 11.3. The highest BCUT2D eigenvalue weighted by Crippen LogP contribution is 2.29. The molecule has 0 unspecified atom stereocenters. The van der Waals surface area contributed by atoms with Crippen LogP contribution in [-0.2, 0) is 6.42 Å². The number of rotatable bonds is 5. The molecule has 0 aromatic heterocycles. The second-order valence-electron chi connectivity index (χ2n) is 5.28. The Labute approximate surface area is 94.0 Å². The molecular weight excluding hydrogens is 180 g/mol. The summed E-state index contributed by atoms with van der Waals surface area (Å²) in [7, 11) is 0. The summed E-state index contributed by atoms with van der Waals surface area (Å²) in [5, 5.41) is 0. The van der Waals surface area contributed by atoms with Gasteiger partial charge in [0, 0.05) is 0 Å². The molecule has 0 aliphatic heterocycles. The van der Waals surface area contributed by atoms with Gasteiger partial charge in [0.1, 0.15) is 0 Å². The van der Waals surface area contributed by atoms with E-state index in [2.05, 4.69) is 57.7 Å². The highest BCUT2D eigenvalue weighted by Gasteiger charge is 2.17. The van der Waals surface area contributed by atoms with E-state index < -0.39 is 0 Å². The van der Waals surface area contributed by atoms with Gasteiger partial charge in [0.15, 0.2) is 0 Å². The standard InChI is InChI=1S/C15H22/c1-13(2)12-15(3,4)11-10-14-8-6-5-7-9-14/h5-9H,1,10-12H2,2-4H3. The molecule has 0 saturated heterocycles. The van der Waals surface area contributed by atoms with E-state index in [1.165, 1.54) is 24.0 Å². The third-order valence-corrected chi connectivity index (χ3v) is 2.71. The third kappa shape index (κ3) is 4.83. The van der Waals surface area contributed by atoms with Crippen LogP contribution in [0.5, 0.6) is 0 Å². The minimum absolute atomic E-state index is 0.377. The largest absolute Gasteiger partial charge is 0.100 e. The van der Waals surface area contributed by atoms with E-state index in [-0.39, 0.29) is 0 Å². The van der Waals surface area contributed by atoms with Crippen molar-refractivity contribution >= 4 is 0 Å². The Hall–Kier alpha value is -1.04. The molecule has 0 aliphatic rings. The minimum Gasteiger partial charge on any atom is -0.100 e. The molecular formula is C15H22. The van der Waals surface area contributed by atoms with Crippen LogP contribution in [0.15, 0.2) is 42.5 Å². The first-order valence-electron chi connectivity index (χ1n) is 5.68. The number of benzene rings is 1. The zero-order valence-corrected chi connectivity index (χ0v) is 10.2. The normalized spacial score (nSPS) is 11.4. The van der Waals surface area contributed by atoms with E-state index in [9.17, 15) is 0 Å². The zero-order valence-electron chi connectivity index (χ0n) is 10.2. The van der Waals surface area contributed by atoms with Crippen molar-refractivity contribution < 1.29 is 0 Å². The van der Waals surface area contributed by atoms with Crippen LogP contribution in [0.25, 0.3) is 0 Å². The first-order valence-corrected chi connectivity index (χ1v) is 5.68. The molecule has 0 spiro atoms. The summed E-state index contributed by atoms with van der Waals surface area (Å²) in [6.45, 7) is 10.8. The highest BCUT2D eigenvalue weighted by molar-refractivity contribution is 5.15. The fourth-order valence-corrected chi connectivity index (χ4v) is 2.03. The fourth-order valence-electron chi connectivity index (χ4n) is 2.03. The molecule has 0 amide bonds. The van der Waals surface area contributed by atoms with E-state index in [0.717, 1.165) is 6.42 Å². The maximum Gasteiger partial charge on any atom is -0.0274 e. The topological polar surface area (TPSA) is 0 Å². The van der Waals surface area contributed by atoms with Crippen molar-refractivity contribution in [3.8, 4) is 0 Å². The molecule has 15 heavy (non-hydrogen) atoms. The lowest BCUT2D eigenvalue weighted by Gasteiger charge is -2.24. The molecule has 1 aromatic carbocycles. The average molecular weight is 202 g/mol. The van der Waals surface area contributed by atoms with Crippen LogP contribution in [0, 0.1) is 5.41 Å². The summed E-state index contributed by atoms with van der Waals surface area (Å²) in [5.74, 6) is 0. The average Bonchev–Trinajstić information content (AvgIpc) is 2.15. The van der Waals surface area contributed by atoms with Gasteiger partial charge in [0.05, 0.1) is 0 Å². The van der Waals surface area contributed by atoms with Crippen molar-refractivity contribution in [1.82, 2.24) is 0 Å².